The number of methoxy groups -OCH3 is 1. The summed E-state index contributed by atoms with van der Waals surface area (Å²) in [7, 11) is 1.61. The largest absolute Gasteiger partial charge is 0.497 e. The lowest BCUT2D eigenvalue weighted by atomic mass is 9.99. The Bertz CT molecular complexity index is 514. The molecule has 2 aliphatic heterocycles. The number of benzene rings is 1. The van der Waals surface area contributed by atoms with E-state index in [1.165, 1.54) is 12.8 Å². The van der Waals surface area contributed by atoms with Crippen LogP contribution in [0.3, 0.4) is 0 Å². The average molecular weight is 376 g/mol. The Morgan fingerprint density at radius 2 is 2.00 bits per heavy atom. The number of ether oxygens (including phenoxy) is 1. The van der Waals surface area contributed by atoms with Crippen molar-refractivity contribution in [1.82, 2.24) is 10.6 Å². The maximum atomic E-state index is 12.4. The molecule has 0 aromatic heterocycles. The number of nitrogens with one attached hydrogen (secondary N) is 2. The number of amides is 1. The van der Waals surface area contributed by atoms with Crippen LogP contribution >= 0.6 is 28.3 Å². The summed E-state index contributed by atoms with van der Waals surface area (Å²) in [4.78, 5) is 12.4. The van der Waals surface area contributed by atoms with Gasteiger partial charge in [0.15, 0.2) is 0 Å². The molecule has 116 valence electrons. The van der Waals surface area contributed by atoms with E-state index in [4.69, 9.17) is 4.74 Å². The first-order valence-corrected chi connectivity index (χ1v) is 7.85. The van der Waals surface area contributed by atoms with Gasteiger partial charge in [-0.25, -0.2) is 0 Å². The second-order valence-corrected chi connectivity index (χ2v) is 6.48. The van der Waals surface area contributed by atoms with Crippen LogP contribution in [0, 0.1) is 0 Å². The molecule has 2 saturated heterocycles. The lowest BCUT2D eigenvalue weighted by Crippen LogP contribution is -2.48. The SMILES string of the molecule is COc1ccc(Br)c(C(=O)NC2CC3CCC(C2)N3)c1.Cl. The number of halogens is 2. The molecule has 2 N–H and O–H groups in total. The smallest absolute Gasteiger partial charge is 0.252 e. The Hall–Kier alpha value is -0.780. The molecule has 2 bridgehead atoms. The van der Waals surface area contributed by atoms with Crippen LogP contribution in [0.2, 0.25) is 0 Å². The average Bonchev–Trinajstić information content (AvgIpc) is 2.78. The number of hydrogen-bond donors (Lipinski definition) is 2. The summed E-state index contributed by atoms with van der Waals surface area (Å²) in [6, 6.07) is 6.89. The van der Waals surface area contributed by atoms with Crippen LogP contribution in [0.1, 0.15) is 36.0 Å². The van der Waals surface area contributed by atoms with Gasteiger partial charge in [0.2, 0.25) is 0 Å². The summed E-state index contributed by atoms with van der Waals surface area (Å²) in [6.07, 6.45) is 4.54. The van der Waals surface area contributed by atoms with Gasteiger partial charge >= 0.3 is 0 Å². The minimum absolute atomic E-state index is 0. The predicted octanol–water partition coefficient (Wildman–Crippen LogP) is 2.89. The minimum atomic E-state index is -0.0259. The Kier molecular flexibility index (Phi) is 5.52. The van der Waals surface area contributed by atoms with Crippen molar-refractivity contribution >= 4 is 34.2 Å². The monoisotopic (exact) mass is 374 g/mol. The molecule has 2 unspecified atom stereocenters. The Labute approximate surface area is 139 Å². The van der Waals surface area contributed by atoms with Crippen molar-refractivity contribution in [3.63, 3.8) is 0 Å². The van der Waals surface area contributed by atoms with Crippen LogP contribution in [0.5, 0.6) is 5.75 Å². The van der Waals surface area contributed by atoms with E-state index in [9.17, 15) is 4.79 Å². The van der Waals surface area contributed by atoms with Crippen LogP contribution in [-0.4, -0.2) is 31.1 Å². The molecule has 6 heteroatoms. The first-order valence-electron chi connectivity index (χ1n) is 7.06. The molecule has 3 rings (SSSR count). The van der Waals surface area contributed by atoms with Gasteiger partial charge in [-0.15, -0.1) is 12.4 Å². The van der Waals surface area contributed by atoms with Gasteiger partial charge in [0.1, 0.15) is 5.75 Å². The zero-order chi connectivity index (χ0) is 14.1. The minimum Gasteiger partial charge on any atom is -0.497 e. The molecule has 21 heavy (non-hydrogen) atoms. The molecule has 0 saturated carbocycles. The van der Waals surface area contributed by atoms with Gasteiger partial charge in [0, 0.05) is 22.6 Å². The Balaban J connectivity index is 0.00000161. The Morgan fingerprint density at radius 3 is 2.62 bits per heavy atom. The van der Waals surface area contributed by atoms with Gasteiger partial charge in [-0.3, -0.25) is 4.79 Å². The molecule has 1 amide bonds. The molecular formula is C15H20BrClN2O2. The fourth-order valence-corrected chi connectivity index (χ4v) is 3.67. The number of carbonyl (C=O) groups is 1. The highest BCUT2D eigenvalue weighted by Crippen LogP contribution is 2.28. The van der Waals surface area contributed by atoms with E-state index in [2.05, 4.69) is 26.6 Å². The summed E-state index contributed by atoms with van der Waals surface area (Å²) >= 11 is 3.43. The third-order valence-corrected chi connectivity index (χ3v) is 4.92. The van der Waals surface area contributed by atoms with Gasteiger partial charge in [-0.1, -0.05) is 0 Å². The third-order valence-electron chi connectivity index (χ3n) is 4.23. The maximum Gasteiger partial charge on any atom is 0.252 e. The molecule has 0 aliphatic carbocycles. The van der Waals surface area contributed by atoms with E-state index < -0.39 is 0 Å². The van der Waals surface area contributed by atoms with Crippen molar-refractivity contribution in [3.05, 3.63) is 28.2 Å². The maximum absolute atomic E-state index is 12.4. The van der Waals surface area contributed by atoms with Crippen LogP contribution < -0.4 is 15.4 Å². The molecule has 2 aliphatic rings. The van der Waals surface area contributed by atoms with E-state index in [1.54, 1.807) is 13.2 Å². The molecule has 2 heterocycles. The van der Waals surface area contributed by atoms with Gasteiger partial charge in [-0.05, 0) is 59.8 Å². The molecule has 4 nitrogen and oxygen atoms in total. The second-order valence-electron chi connectivity index (χ2n) is 5.63. The number of rotatable bonds is 3. The van der Waals surface area contributed by atoms with Crippen LogP contribution in [0.25, 0.3) is 0 Å². The topological polar surface area (TPSA) is 50.4 Å². The molecule has 2 fully saturated rings. The fraction of sp³-hybridized carbons (Fsp3) is 0.533. The van der Waals surface area contributed by atoms with Gasteiger partial charge in [0.25, 0.3) is 5.91 Å². The lowest BCUT2D eigenvalue weighted by Gasteiger charge is -2.29. The molecule has 1 aromatic rings. The van der Waals surface area contributed by atoms with E-state index in [0.717, 1.165) is 17.3 Å². The number of hydrogen-bond acceptors (Lipinski definition) is 3. The first-order chi connectivity index (χ1) is 9.65. The summed E-state index contributed by atoms with van der Waals surface area (Å²) in [5.74, 6) is 0.672. The van der Waals surface area contributed by atoms with Crippen molar-refractivity contribution in [2.45, 2.75) is 43.8 Å². The zero-order valence-corrected chi connectivity index (χ0v) is 14.3. The van der Waals surface area contributed by atoms with E-state index in [-0.39, 0.29) is 24.4 Å². The van der Waals surface area contributed by atoms with Crippen molar-refractivity contribution in [3.8, 4) is 5.75 Å². The van der Waals surface area contributed by atoms with E-state index >= 15 is 0 Å². The van der Waals surface area contributed by atoms with E-state index in [1.807, 2.05) is 12.1 Å². The molecule has 0 radical (unpaired) electrons. The number of fused-ring (bicyclic) bond motifs is 2. The highest BCUT2D eigenvalue weighted by Gasteiger charge is 2.34. The molecular weight excluding hydrogens is 356 g/mol. The summed E-state index contributed by atoms with van der Waals surface area (Å²) in [6.45, 7) is 0. The first kappa shape index (κ1) is 16.6. The van der Waals surface area contributed by atoms with Crippen LogP contribution in [0.15, 0.2) is 22.7 Å². The Morgan fingerprint density at radius 1 is 1.33 bits per heavy atom. The van der Waals surface area contributed by atoms with Crippen molar-refractivity contribution in [2.75, 3.05) is 7.11 Å². The highest BCUT2D eigenvalue weighted by atomic mass is 79.9. The normalized spacial score (nSPS) is 26.9. The predicted molar refractivity (Wildman–Crippen MR) is 88.4 cm³/mol. The standard InChI is InChI=1S/C15H19BrN2O2.ClH/c1-20-12-4-5-14(16)13(8-12)15(19)18-11-6-9-2-3-10(7-11)17-9;/h4-5,8-11,17H,2-3,6-7H2,1H3,(H,18,19);1H. The van der Waals surface area contributed by atoms with Gasteiger partial charge < -0.3 is 15.4 Å². The second kappa shape index (κ2) is 6.99. The van der Waals surface area contributed by atoms with Crippen molar-refractivity contribution in [1.29, 1.82) is 0 Å². The number of carbonyl (C=O) groups excluding carboxylic acids is 1. The summed E-state index contributed by atoms with van der Waals surface area (Å²) < 4.78 is 5.98. The molecule has 1 aromatic carbocycles. The van der Waals surface area contributed by atoms with Crippen molar-refractivity contribution < 1.29 is 9.53 Å². The van der Waals surface area contributed by atoms with Crippen LogP contribution in [0.4, 0.5) is 0 Å². The van der Waals surface area contributed by atoms with Crippen LogP contribution in [-0.2, 0) is 0 Å². The fourth-order valence-electron chi connectivity index (χ4n) is 3.24. The van der Waals surface area contributed by atoms with Gasteiger partial charge in [-0.2, -0.15) is 0 Å². The highest BCUT2D eigenvalue weighted by molar-refractivity contribution is 9.10. The van der Waals surface area contributed by atoms with E-state index in [0.29, 0.717) is 23.4 Å². The number of piperidine rings is 1. The lowest BCUT2D eigenvalue weighted by molar-refractivity contribution is 0.0923. The molecule has 0 spiro atoms. The summed E-state index contributed by atoms with van der Waals surface area (Å²) in [5.41, 5.74) is 0.634. The van der Waals surface area contributed by atoms with Gasteiger partial charge in [0.05, 0.1) is 12.7 Å². The summed E-state index contributed by atoms with van der Waals surface area (Å²) in [5, 5.41) is 6.75. The zero-order valence-electron chi connectivity index (χ0n) is 11.9. The van der Waals surface area contributed by atoms with Crippen molar-refractivity contribution in [2.24, 2.45) is 0 Å². The molecule has 2 atom stereocenters. The quantitative estimate of drug-likeness (QED) is 0.854. The third kappa shape index (κ3) is 3.71.